The SMILES string of the molecule is CC(CC(N)=O)c1c[nH]c2ccccc12. The molecule has 0 aliphatic rings. The highest BCUT2D eigenvalue weighted by molar-refractivity contribution is 5.84. The van der Waals surface area contributed by atoms with E-state index in [2.05, 4.69) is 11.1 Å². The summed E-state index contributed by atoms with van der Waals surface area (Å²) in [6.07, 6.45) is 2.35. The smallest absolute Gasteiger partial charge is 0.218 e. The number of benzene rings is 1. The molecule has 1 aromatic heterocycles. The zero-order valence-electron chi connectivity index (χ0n) is 8.66. The van der Waals surface area contributed by atoms with E-state index in [1.807, 2.05) is 31.3 Å². The lowest BCUT2D eigenvalue weighted by Gasteiger charge is -2.07. The summed E-state index contributed by atoms with van der Waals surface area (Å²) in [5.74, 6) is -0.0913. The molecule has 2 aromatic rings. The van der Waals surface area contributed by atoms with Gasteiger partial charge >= 0.3 is 0 Å². The van der Waals surface area contributed by atoms with Crippen molar-refractivity contribution in [1.82, 2.24) is 4.98 Å². The van der Waals surface area contributed by atoms with Gasteiger partial charge in [0.2, 0.25) is 5.91 Å². The number of para-hydroxylation sites is 1. The maximum atomic E-state index is 10.9. The lowest BCUT2D eigenvalue weighted by atomic mass is 9.97. The van der Waals surface area contributed by atoms with Gasteiger partial charge in [-0.05, 0) is 17.5 Å². The Balaban J connectivity index is 2.39. The lowest BCUT2D eigenvalue weighted by Crippen LogP contribution is -2.13. The Hall–Kier alpha value is -1.77. The van der Waals surface area contributed by atoms with Gasteiger partial charge in [-0.2, -0.15) is 0 Å². The molecule has 0 spiro atoms. The number of aromatic nitrogens is 1. The molecule has 3 N–H and O–H groups in total. The van der Waals surface area contributed by atoms with Crippen LogP contribution in [0.4, 0.5) is 0 Å². The summed E-state index contributed by atoms with van der Waals surface area (Å²) in [6.45, 7) is 2.01. The lowest BCUT2D eigenvalue weighted by molar-refractivity contribution is -0.118. The number of primary amides is 1. The van der Waals surface area contributed by atoms with Crippen molar-refractivity contribution in [2.75, 3.05) is 0 Å². The van der Waals surface area contributed by atoms with Crippen LogP contribution in [0.5, 0.6) is 0 Å². The van der Waals surface area contributed by atoms with Gasteiger partial charge in [0.25, 0.3) is 0 Å². The second-order valence-corrected chi connectivity index (χ2v) is 3.86. The topological polar surface area (TPSA) is 58.9 Å². The molecule has 1 atom stereocenters. The van der Waals surface area contributed by atoms with Crippen molar-refractivity contribution in [3.8, 4) is 0 Å². The molecule has 0 aliphatic carbocycles. The molecule has 1 unspecified atom stereocenters. The Morgan fingerprint density at radius 2 is 2.20 bits per heavy atom. The molecule has 0 aliphatic heterocycles. The number of carbonyl (C=O) groups excluding carboxylic acids is 1. The van der Waals surface area contributed by atoms with Crippen LogP contribution in [0.1, 0.15) is 24.8 Å². The van der Waals surface area contributed by atoms with Gasteiger partial charge in [0, 0.05) is 23.5 Å². The van der Waals surface area contributed by atoms with E-state index in [0.717, 1.165) is 11.1 Å². The number of nitrogens with two attached hydrogens (primary N) is 1. The van der Waals surface area contributed by atoms with E-state index in [1.165, 1.54) is 5.39 Å². The van der Waals surface area contributed by atoms with Crippen LogP contribution in [0.25, 0.3) is 10.9 Å². The zero-order valence-corrected chi connectivity index (χ0v) is 8.66. The third-order valence-corrected chi connectivity index (χ3v) is 2.66. The van der Waals surface area contributed by atoms with Crippen LogP contribution >= 0.6 is 0 Å². The second kappa shape index (κ2) is 3.77. The third-order valence-electron chi connectivity index (χ3n) is 2.66. The normalized spacial score (nSPS) is 12.9. The Morgan fingerprint density at radius 3 is 2.93 bits per heavy atom. The van der Waals surface area contributed by atoms with Crippen molar-refractivity contribution < 1.29 is 4.79 Å². The number of hydrogen-bond acceptors (Lipinski definition) is 1. The number of rotatable bonds is 3. The largest absolute Gasteiger partial charge is 0.370 e. The first-order valence-corrected chi connectivity index (χ1v) is 5.03. The summed E-state index contributed by atoms with van der Waals surface area (Å²) >= 11 is 0. The van der Waals surface area contributed by atoms with E-state index in [1.54, 1.807) is 0 Å². The number of fused-ring (bicyclic) bond motifs is 1. The van der Waals surface area contributed by atoms with Gasteiger partial charge in [0.05, 0.1) is 0 Å². The molecule has 1 amide bonds. The molecule has 1 aromatic carbocycles. The van der Waals surface area contributed by atoms with Crippen molar-refractivity contribution in [3.05, 3.63) is 36.0 Å². The zero-order chi connectivity index (χ0) is 10.8. The van der Waals surface area contributed by atoms with Crippen LogP contribution in [0.15, 0.2) is 30.5 Å². The van der Waals surface area contributed by atoms with Crippen LogP contribution in [0, 0.1) is 0 Å². The van der Waals surface area contributed by atoms with Crippen molar-refractivity contribution in [2.24, 2.45) is 5.73 Å². The molecule has 0 saturated carbocycles. The number of amides is 1. The minimum Gasteiger partial charge on any atom is -0.370 e. The minimum absolute atomic E-state index is 0.165. The number of aromatic amines is 1. The first-order valence-electron chi connectivity index (χ1n) is 5.03. The molecule has 0 saturated heterocycles. The molecular formula is C12H14N2O. The van der Waals surface area contributed by atoms with Gasteiger partial charge in [0.1, 0.15) is 0 Å². The van der Waals surface area contributed by atoms with E-state index in [9.17, 15) is 4.79 Å². The highest BCUT2D eigenvalue weighted by Gasteiger charge is 2.12. The van der Waals surface area contributed by atoms with Crippen molar-refractivity contribution >= 4 is 16.8 Å². The van der Waals surface area contributed by atoms with Gasteiger partial charge in [-0.25, -0.2) is 0 Å². The van der Waals surface area contributed by atoms with Gasteiger partial charge in [-0.1, -0.05) is 25.1 Å². The van der Waals surface area contributed by atoms with Crippen molar-refractivity contribution in [3.63, 3.8) is 0 Å². The van der Waals surface area contributed by atoms with Gasteiger partial charge < -0.3 is 10.7 Å². The Labute approximate surface area is 88.3 Å². The van der Waals surface area contributed by atoms with Crippen LogP contribution in [0.2, 0.25) is 0 Å². The highest BCUT2D eigenvalue weighted by atomic mass is 16.1. The Kier molecular flexibility index (Phi) is 2.46. The maximum absolute atomic E-state index is 10.9. The molecule has 2 rings (SSSR count). The quantitative estimate of drug-likeness (QED) is 0.787. The van der Waals surface area contributed by atoms with Gasteiger partial charge in [-0.3, -0.25) is 4.79 Å². The molecule has 0 bridgehead atoms. The van der Waals surface area contributed by atoms with E-state index in [4.69, 9.17) is 5.73 Å². The van der Waals surface area contributed by atoms with Gasteiger partial charge in [-0.15, -0.1) is 0 Å². The number of nitrogens with one attached hydrogen (secondary N) is 1. The summed E-state index contributed by atoms with van der Waals surface area (Å²) in [7, 11) is 0. The summed E-state index contributed by atoms with van der Waals surface area (Å²) in [6, 6.07) is 8.06. The number of H-pyrrole nitrogens is 1. The van der Waals surface area contributed by atoms with E-state index in [-0.39, 0.29) is 11.8 Å². The van der Waals surface area contributed by atoms with Crippen LogP contribution in [0.3, 0.4) is 0 Å². The van der Waals surface area contributed by atoms with E-state index in [0.29, 0.717) is 6.42 Å². The molecular weight excluding hydrogens is 188 g/mol. The molecule has 15 heavy (non-hydrogen) atoms. The van der Waals surface area contributed by atoms with Crippen LogP contribution in [-0.2, 0) is 4.79 Å². The second-order valence-electron chi connectivity index (χ2n) is 3.86. The summed E-state index contributed by atoms with van der Waals surface area (Å²) in [5, 5.41) is 1.17. The average Bonchev–Trinajstić information content (AvgIpc) is 2.59. The fraction of sp³-hybridized carbons (Fsp3) is 0.250. The standard InChI is InChI=1S/C12H14N2O/c1-8(6-12(13)15)10-7-14-11-5-3-2-4-9(10)11/h2-5,7-8,14H,6H2,1H3,(H2,13,15). The maximum Gasteiger partial charge on any atom is 0.218 e. The van der Waals surface area contributed by atoms with Crippen molar-refractivity contribution in [1.29, 1.82) is 0 Å². The summed E-state index contributed by atoms with van der Waals surface area (Å²) in [4.78, 5) is 14.0. The third kappa shape index (κ3) is 1.86. The number of hydrogen-bond donors (Lipinski definition) is 2. The summed E-state index contributed by atoms with van der Waals surface area (Å²) < 4.78 is 0. The van der Waals surface area contributed by atoms with Crippen LogP contribution < -0.4 is 5.73 Å². The molecule has 1 heterocycles. The van der Waals surface area contributed by atoms with Crippen molar-refractivity contribution in [2.45, 2.75) is 19.3 Å². The Morgan fingerprint density at radius 1 is 1.47 bits per heavy atom. The monoisotopic (exact) mass is 202 g/mol. The molecule has 3 heteroatoms. The van der Waals surface area contributed by atoms with E-state index >= 15 is 0 Å². The van der Waals surface area contributed by atoms with Gasteiger partial charge in [0.15, 0.2) is 0 Å². The predicted molar refractivity (Wildman–Crippen MR) is 60.5 cm³/mol. The molecule has 0 radical (unpaired) electrons. The minimum atomic E-state index is -0.257. The van der Waals surface area contributed by atoms with E-state index < -0.39 is 0 Å². The molecule has 78 valence electrons. The first-order chi connectivity index (χ1) is 7.18. The van der Waals surface area contributed by atoms with Crippen LogP contribution in [-0.4, -0.2) is 10.9 Å². The highest BCUT2D eigenvalue weighted by Crippen LogP contribution is 2.26. The Bertz CT molecular complexity index is 487. The first kappa shape index (κ1) is 9.77. The average molecular weight is 202 g/mol. The fourth-order valence-electron chi connectivity index (χ4n) is 1.91. The molecule has 0 fully saturated rings. The summed E-state index contributed by atoms with van der Waals surface area (Å²) in [5.41, 5.74) is 7.45. The fourth-order valence-corrected chi connectivity index (χ4v) is 1.91. The molecule has 3 nitrogen and oxygen atoms in total. The number of carbonyl (C=O) groups is 1. The predicted octanol–water partition coefficient (Wildman–Crippen LogP) is 2.15.